The van der Waals surface area contributed by atoms with Gasteiger partial charge in [0.1, 0.15) is 5.69 Å². The van der Waals surface area contributed by atoms with Gasteiger partial charge in [-0.25, -0.2) is 9.97 Å². The Labute approximate surface area is 232 Å². The van der Waals surface area contributed by atoms with Gasteiger partial charge in [-0.15, -0.1) is 0 Å². The van der Waals surface area contributed by atoms with E-state index in [1.54, 1.807) is 18.2 Å². The van der Waals surface area contributed by atoms with Crippen molar-refractivity contribution < 1.29 is 6.85 Å². The fourth-order valence-electron chi connectivity index (χ4n) is 5.42. The smallest absolute Gasteiger partial charge is 0.165 e. The summed E-state index contributed by atoms with van der Waals surface area (Å²) in [5.74, 6) is 0.642. The molecule has 2 heterocycles. The number of para-hydroxylation sites is 1. The van der Waals surface area contributed by atoms with Crippen molar-refractivity contribution in [2.24, 2.45) is 0 Å². The van der Waals surface area contributed by atoms with E-state index >= 15 is 0 Å². The van der Waals surface area contributed by atoms with Gasteiger partial charge in [0.25, 0.3) is 0 Å². The molecule has 3 nitrogen and oxygen atoms in total. The topological polar surface area (TPSA) is 30.7 Å². The van der Waals surface area contributed by atoms with Crippen molar-refractivity contribution in [1.82, 2.24) is 14.5 Å². The van der Waals surface area contributed by atoms with Gasteiger partial charge in [-0.1, -0.05) is 109 Å². The fraction of sp³-hybridized carbons (Fsp3) is 0. The first-order valence-electron chi connectivity index (χ1n) is 15.3. The number of fused-ring (bicyclic) bond motifs is 5. The van der Waals surface area contributed by atoms with Gasteiger partial charge in [-0.3, -0.25) is 4.57 Å². The van der Waals surface area contributed by atoms with Crippen LogP contribution < -0.4 is 0 Å². The van der Waals surface area contributed by atoms with E-state index in [-0.39, 0.29) is 29.7 Å². The lowest BCUT2D eigenvalue weighted by Crippen LogP contribution is -2.03. The Kier molecular flexibility index (Phi) is 3.83. The second-order valence-electron chi connectivity index (χ2n) is 9.53. The second kappa shape index (κ2) is 8.64. The van der Waals surface area contributed by atoms with Crippen LogP contribution in [0.25, 0.3) is 71.8 Å². The molecule has 2 aromatic heterocycles. The molecule has 0 aliphatic carbocycles. The summed E-state index contributed by atoms with van der Waals surface area (Å²) in [6, 6.07) is 34.6. The van der Waals surface area contributed by atoms with Crippen molar-refractivity contribution >= 4 is 43.6 Å². The highest BCUT2D eigenvalue weighted by molar-refractivity contribution is 6.13. The molecule has 8 aromatic rings. The molecule has 0 atom stereocenters. The molecule has 182 valence electrons. The van der Waals surface area contributed by atoms with Crippen LogP contribution in [0.4, 0.5) is 0 Å². The van der Waals surface area contributed by atoms with Crippen molar-refractivity contribution in [3.63, 3.8) is 0 Å². The summed E-state index contributed by atoms with van der Waals surface area (Å²) < 4.78 is 43.5. The molecule has 39 heavy (non-hydrogen) atoms. The molecule has 6 aromatic carbocycles. The molecule has 0 fully saturated rings. The molecule has 3 heteroatoms. The molecule has 0 N–H and O–H groups in total. The number of benzene rings is 6. The summed E-state index contributed by atoms with van der Waals surface area (Å²) >= 11 is 0. The van der Waals surface area contributed by atoms with Crippen LogP contribution in [0, 0.1) is 0 Å². The molecule has 0 aliphatic rings. The van der Waals surface area contributed by atoms with Crippen LogP contribution in [0.1, 0.15) is 6.85 Å². The van der Waals surface area contributed by atoms with E-state index in [9.17, 15) is 0 Å². The Bertz CT molecular complexity index is 2420. The molecule has 8 rings (SSSR count). The molecule has 0 bridgehead atoms. The van der Waals surface area contributed by atoms with Gasteiger partial charge in [0.05, 0.1) is 28.9 Å². The lowest BCUT2D eigenvalue weighted by Gasteiger charge is -2.14. The van der Waals surface area contributed by atoms with E-state index in [0.29, 0.717) is 28.1 Å². The predicted octanol–water partition coefficient (Wildman–Crippen LogP) is 9.21. The lowest BCUT2D eigenvalue weighted by molar-refractivity contribution is 1.08. The Morgan fingerprint density at radius 3 is 2.10 bits per heavy atom. The Morgan fingerprint density at radius 2 is 1.26 bits per heavy atom. The summed E-state index contributed by atoms with van der Waals surface area (Å²) in [6.07, 6.45) is 0. The fourth-order valence-corrected chi connectivity index (χ4v) is 5.42. The van der Waals surface area contributed by atoms with E-state index in [1.165, 1.54) is 0 Å². The van der Waals surface area contributed by atoms with Crippen molar-refractivity contribution in [2.75, 3.05) is 0 Å². The summed E-state index contributed by atoms with van der Waals surface area (Å²) in [4.78, 5) is 10.4. The normalized spacial score (nSPS) is 13.4. The molecule has 0 saturated heterocycles. The highest BCUT2D eigenvalue weighted by atomic mass is 15.1. The van der Waals surface area contributed by atoms with Crippen LogP contribution in [-0.2, 0) is 0 Å². The van der Waals surface area contributed by atoms with Gasteiger partial charge in [0, 0.05) is 16.3 Å². The Morgan fingerprint density at radius 1 is 0.513 bits per heavy atom. The van der Waals surface area contributed by atoms with Gasteiger partial charge < -0.3 is 0 Å². The minimum absolute atomic E-state index is 0.136. The summed E-state index contributed by atoms with van der Waals surface area (Å²) in [5, 5.41) is 4.47. The van der Waals surface area contributed by atoms with Crippen molar-refractivity contribution in [1.29, 1.82) is 0 Å². The molecule has 0 spiro atoms. The summed E-state index contributed by atoms with van der Waals surface area (Å²) in [5.41, 5.74) is 5.42. The molecular weight excluding hydrogens is 474 g/mol. The monoisotopic (exact) mass is 502 g/mol. The maximum Gasteiger partial charge on any atom is 0.165 e. The van der Waals surface area contributed by atoms with E-state index in [4.69, 9.17) is 16.8 Å². The van der Waals surface area contributed by atoms with Crippen molar-refractivity contribution in [2.45, 2.75) is 0 Å². The third kappa shape index (κ3) is 3.52. The number of rotatable bonds is 3. The zero-order chi connectivity index (χ0) is 30.1. The second-order valence-corrected chi connectivity index (χ2v) is 9.53. The molecule has 0 amide bonds. The largest absolute Gasteiger partial charge is 0.292 e. The van der Waals surface area contributed by atoms with E-state index in [2.05, 4.69) is 41.0 Å². The van der Waals surface area contributed by atoms with Crippen LogP contribution in [0.2, 0.25) is 0 Å². The first-order valence-corrected chi connectivity index (χ1v) is 12.8. The van der Waals surface area contributed by atoms with Crippen molar-refractivity contribution in [3.05, 3.63) is 139 Å². The van der Waals surface area contributed by atoms with Gasteiger partial charge >= 0.3 is 0 Å². The average Bonchev–Trinajstić information content (AvgIpc) is 3.38. The van der Waals surface area contributed by atoms with Crippen LogP contribution >= 0.6 is 0 Å². The van der Waals surface area contributed by atoms with Crippen LogP contribution in [0.3, 0.4) is 0 Å². The van der Waals surface area contributed by atoms with E-state index in [1.807, 2.05) is 54.6 Å². The maximum absolute atomic E-state index is 8.52. The third-order valence-corrected chi connectivity index (χ3v) is 7.23. The number of hydrogen-bond acceptors (Lipinski definition) is 2. The maximum atomic E-state index is 8.52. The van der Waals surface area contributed by atoms with Crippen molar-refractivity contribution in [3.8, 4) is 28.2 Å². The minimum atomic E-state index is -0.419. The average molecular weight is 503 g/mol. The molecule has 0 saturated carbocycles. The van der Waals surface area contributed by atoms with Gasteiger partial charge in [-0.2, -0.15) is 0 Å². The van der Waals surface area contributed by atoms with Crippen LogP contribution in [0.5, 0.6) is 0 Å². The van der Waals surface area contributed by atoms with Gasteiger partial charge in [-0.05, 0) is 52.2 Å². The molecule has 0 radical (unpaired) electrons. The number of hydrogen-bond donors (Lipinski definition) is 0. The highest BCUT2D eigenvalue weighted by Crippen LogP contribution is 2.37. The van der Waals surface area contributed by atoms with E-state index < -0.39 is 6.04 Å². The van der Waals surface area contributed by atoms with Crippen LogP contribution in [-0.4, -0.2) is 14.5 Å². The third-order valence-electron chi connectivity index (χ3n) is 7.23. The molecular formula is C36H23N3. The first kappa shape index (κ1) is 17.3. The first-order chi connectivity index (χ1) is 21.4. The quantitative estimate of drug-likeness (QED) is 0.241. The zero-order valence-corrected chi connectivity index (χ0v) is 20.7. The highest BCUT2D eigenvalue weighted by Gasteiger charge is 2.19. The Hall–Kier alpha value is -5.28. The predicted molar refractivity (Wildman–Crippen MR) is 162 cm³/mol. The lowest BCUT2D eigenvalue weighted by atomic mass is 10.0. The number of aromatic nitrogens is 3. The standard InChI is InChI=1S/C36H23N3/c1-3-11-24(12-4-1)28-19-20-31-32(22-28)38-36(35(37-31)25-13-5-2-6-14-25)39-33-18-10-9-17-29(33)30-21-26-15-7-8-16-27(26)23-34(30)39/h1-23H/i1D,3D,4D,11D,12D. The van der Waals surface area contributed by atoms with E-state index in [0.717, 1.165) is 38.1 Å². The Balaban J connectivity index is 1.48. The van der Waals surface area contributed by atoms with Gasteiger partial charge in [0.2, 0.25) is 0 Å². The minimum Gasteiger partial charge on any atom is -0.292 e. The molecule has 0 unspecified atom stereocenters. The van der Waals surface area contributed by atoms with Gasteiger partial charge in [0.15, 0.2) is 5.82 Å². The SMILES string of the molecule is [2H]c1c([2H])c([2H])c(-c2ccc3nc(-c4ccccc4)c(-n4c5ccccc5c5cc6ccccc6cc54)nc3c2)c([2H])c1[2H]. The zero-order valence-electron chi connectivity index (χ0n) is 25.7. The number of nitrogens with zero attached hydrogens (tertiary/aromatic N) is 3. The molecule has 0 aliphatic heterocycles. The summed E-state index contributed by atoms with van der Waals surface area (Å²) in [6.45, 7) is 0. The van der Waals surface area contributed by atoms with Crippen LogP contribution in [0.15, 0.2) is 139 Å². The summed E-state index contributed by atoms with van der Waals surface area (Å²) in [7, 11) is 0.